The zero-order valence-corrected chi connectivity index (χ0v) is 30.7. The van der Waals surface area contributed by atoms with Crippen molar-refractivity contribution in [2.45, 2.75) is 95.2 Å². The number of nitrogens with one attached hydrogen (secondary N) is 2. The maximum Gasteiger partial charge on any atom is 0.243 e. The number of hydrogen-bond donors (Lipinski definition) is 2. The molecule has 2 saturated heterocycles. The zero-order valence-electron chi connectivity index (χ0n) is 27.7. The van der Waals surface area contributed by atoms with Crippen LogP contribution in [0.25, 0.3) is 0 Å². The van der Waals surface area contributed by atoms with Crippen molar-refractivity contribution in [3.8, 4) is 11.5 Å². The quantitative estimate of drug-likeness (QED) is 0.417. The summed E-state index contributed by atoms with van der Waals surface area (Å²) in [7, 11) is 0. The third-order valence-corrected chi connectivity index (χ3v) is 9.71. The predicted octanol–water partition coefficient (Wildman–Crippen LogP) is 4.51. The van der Waals surface area contributed by atoms with Crippen molar-refractivity contribution in [2.24, 2.45) is 5.92 Å². The fraction of sp³-hybridized carbons (Fsp3) is 0.556. The Bertz CT molecular complexity index is 1400. The van der Waals surface area contributed by atoms with E-state index in [-0.39, 0.29) is 64.0 Å². The van der Waals surface area contributed by atoms with Crippen molar-refractivity contribution in [3.05, 3.63) is 59.7 Å². The summed E-state index contributed by atoms with van der Waals surface area (Å²) in [5.74, 6) is 1.14. The fourth-order valence-electron chi connectivity index (χ4n) is 6.89. The van der Waals surface area contributed by atoms with Gasteiger partial charge in [0.25, 0.3) is 0 Å². The highest BCUT2D eigenvalue weighted by molar-refractivity contribution is 7.59. The Labute approximate surface area is 305 Å². The van der Waals surface area contributed by atoms with Crippen LogP contribution in [0.2, 0.25) is 0 Å². The van der Waals surface area contributed by atoms with E-state index in [0.29, 0.717) is 69.0 Å². The van der Waals surface area contributed by atoms with E-state index in [1.807, 2.05) is 48.5 Å². The van der Waals surface area contributed by atoms with Crippen LogP contribution in [0.1, 0.15) is 75.3 Å². The SMILES string of the molecule is O=C(CCC1CC1)[C@@H]1Cc2cccc(c2)Oc2cccc(c2)C[C@H](N2CCCC2=O)C(=O)N[C@@H](CCN2CCCCC2)C(=O)N1.S.S.S. The third kappa shape index (κ3) is 10.9. The summed E-state index contributed by atoms with van der Waals surface area (Å²) in [4.78, 5) is 58.6. The number of piperidine rings is 1. The molecule has 1 saturated carbocycles. The highest BCUT2D eigenvalue weighted by Crippen LogP contribution is 2.34. The molecule has 2 aromatic carbocycles. The van der Waals surface area contributed by atoms with Gasteiger partial charge in [-0.2, -0.15) is 40.5 Å². The first kappa shape index (κ1) is 39.8. The van der Waals surface area contributed by atoms with Crippen LogP contribution < -0.4 is 15.4 Å². The third-order valence-electron chi connectivity index (χ3n) is 9.71. The number of benzene rings is 2. The molecule has 3 atom stereocenters. The lowest BCUT2D eigenvalue weighted by Gasteiger charge is -2.31. The molecule has 9 nitrogen and oxygen atoms in total. The van der Waals surface area contributed by atoms with Crippen LogP contribution in [0.4, 0.5) is 0 Å². The normalized spacial score (nSPS) is 23.4. The Kier molecular flexibility index (Phi) is 15.7. The van der Waals surface area contributed by atoms with E-state index in [4.69, 9.17) is 4.74 Å². The smallest absolute Gasteiger partial charge is 0.243 e. The van der Waals surface area contributed by atoms with Crippen LogP contribution in [0, 0.1) is 5.92 Å². The average Bonchev–Trinajstić information content (AvgIpc) is 3.78. The maximum absolute atomic E-state index is 14.1. The molecule has 0 radical (unpaired) electrons. The molecular formula is C36H52N4O5S3. The lowest BCUT2D eigenvalue weighted by molar-refractivity contribution is -0.139. The molecule has 12 heteroatoms. The van der Waals surface area contributed by atoms with Gasteiger partial charge in [-0.15, -0.1) is 0 Å². The van der Waals surface area contributed by atoms with Crippen molar-refractivity contribution in [3.63, 3.8) is 0 Å². The van der Waals surface area contributed by atoms with Gasteiger partial charge >= 0.3 is 0 Å². The lowest BCUT2D eigenvalue weighted by atomic mass is 9.97. The molecule has 4 aliphatic rings. The summed E-state index contributed by atoms with van der Waals surface area (Å²) in [6.45, 7) is 3.13. The Balaban J connectivity index is 0.00000208. The van der Waals surface area contributed by atoms with E-state index < -0.39 is 18.1 Å². The van der Waals surface area contributed by atoms with Gasteiger partial charge in [0, 0.05) is 32.4 Å². The van der Waals surface area contributed by atoms with Crippen LogP contribution in [-0.4, -0.2) is 77.6 Å². The van der Waals surface area contributed by atoms with Gasteiger partial charge in [0.05, 0.1) is 6.04 Å². The largest absolute Gasteiger partial charge is 0.457 e. The van der Waals surface area contributed by atoms with Gasteiger partial charge in [-0.05, 0) is 92.9 Å². The van der Waals surface area contributed by atoms with E-state index in [2.05, 4.69) is 15.5 Å². The molecule has 48 heavy (non-hydrogen) atoms. The molecule has 0 aromatic heterocycles. The summed E-state index contributed by atoms with van der Waals surface area (Å²) in [5.41, 5.74) is 1.76. The van der Waals surface area contributed by atoms with Crippen molar-refractivity contribution in [2.75, 3.05) is 26.2 Å². The van der Waals surface area contributed by atoms with Gasteiger partial charge in [0.1, 0.15) is 23.6 Å². The summed E-state index contributed by atoms with van der Waals surface area (Å²) in [5, 5.41) is 6.12. The van der Waals surface area contributed by atoms with Crippen molar-refractivity contribution < 1.29 is 23.9 Å². The number of rotatable bonds is 8. The predicted molar refractivity (Wildman–Crippen MR) is 202 cm³/mol. The fourth-order valence-corrected chi connectivity index (χ4v) is 6.89. The van der Waals surface area contributed by atoms with E-state index in [1.54, 1.807) is 4.90 Å². The number of hydrogen-bond acceptors (Lipinski definition) is 6. The van der Waals surface area contributed by atoms with Crippen LogP contribution in [0.5, 0.6) is 11.5 Å². The van der Waals surface area contributed by atoms with Crippen LogP contribution in [-0.2, 0) is 32.0 Å². The number of nitrogens with zero attached hydrogens (tertiary/aromatic N) is 2. The first-order valence-electron chi connectivity index (χ1n) is 16.9. The molecule has 3 heterocycles. The molecular weight excluding hydrogens is 665 g/mol. The summed E-state index contributed by atoms with van der Waals surface area (Å²) in [6, 6.07) is 13.0. The molecule has 1 aliphatic carbocycles. The number of amides is 3. The van der Waals surface area contributed by atoms with Crippen molar-refractivity contribution in [1.82, 2.24) is 20.4 Å². The molecule has 4 bridgehead atoms. The van der Waals surface area contributed by atoms with Crippen LogP contribution in [0.3, 0.4) is 0 Å². The minimum atomic E-state index is -0.827. The maximum atomic E-state index is 14.1. The summed E-state index contributed by atoms with van der Waals surface area (Å²) in [6.07, 6.45) is 9.23. The monoisotopic (exact) mass is 716 g/mol. The molecule has 6 rings (SSSR count). The Morgan fingerprint density at radius 2 is 1.44 bits per heavy atom. The number of ether oxygens (including phenoxy) is 1. The van der Waals surface area contributed by atoms with Gasteiger partial charge in [-0.25, -0.2) is 0 Å². The Morgan fingerprint density at radius 1 is 0.771 bits per heavy atom. The standard InChI is InChI=1S/C36H46N4O5.3H2S/c41-33(15-14-25-12-13-25)31-23-26-7-4-9-28(21-26)45-29-10-5-8-27(22-29)24-32(40-19-6-11-34(40)42)36(44)37-30(35(43)38-31)16-20-39-17-2-1-3-18-39;;;/h4-5,7-10,21-22,25,30-32H,1-3,6,11-20,23-24H2,(H,37,44)(H,38,43);3*1H2/t30-,31-,32-;;;/m0.../s1. The van der Waals surface area contributed by atoms with Gasteiger partial charge in [-0.1, -0.05) is 43.5 Å². The van der Waals surface area contributed by atoms with Gasteiger partial charge in [-0.3, -0.25) is 19.2 Å². The average molecular weight is 717 g/mol. The van der Waals surface area contributed by atoms with Crippen molar-refractivity contribution >= 4 is 64.0 Å². The molecule has 3 fully saturated rings. The molecule has 264 valence electrons. The van der Waals surface area contributed by atoms with Gasteiger partial charge < -0.3 is 25.2 Å². The summed E-state index contributed by atoms with van der Waals surface area (Å²) < 4.78 is 6.22. The molecule has 0 unspecified atom stereocenters. The highest BCUT2D eigenvalue weighted by Gasteiger charge is 2.36. The van der Waals surface area contributed by atoms with Crippen LogP contribution in [0.15, 0.2) is 48.5 Å². The molecule has 2 N–H and O–H groups in total. The highest BCUT2D eigenvalue weighted by atomic mass is 32.1. The number of fused-ring (bicyclic) bond motifs is 4. The molecule has 2 aromatic rings. The number of Topliss-reactive ketones (excluding diaryl/α,β-unsaturated/α-hetero) is 1. The number of likely N-dealkylation sites (tertiary alicyclic amines) is 2. The van der Waals surface area contributed by atoms with E-state index >= 15 is 0 Å². The van der Waals surface area contributed by atoms with Gasteiger partial charge in [0.2, 0.25) is 17.7 Å². The number of ketones is 1. The lowest BCUT2D eigenvalue weighted by Crippen LogP contribution is -2.57. The topological polar surface area (TPSA) is 108 Å². The second-order valence-electron chi connectivity index (χ2n) is 13.3. The second kappa shape index (κ2) is 18.9. The minimum Gasteiger partial charge on any atom is -0.457 e. The zero-order chi connectivity index (χ0) is 31.2. The Hall–Kier alpha value is -2.67. The number of carbonyl (C=O) groups excluding carboxylic acids is 4. The van der Waals surface area contributed by atoms with Crippen LogP contribution >= 0.6 is 40.5 Å². The minimum absolute atomic E-state index is 0. The number of carbonyl (C=O) groups is 4. The van der Waals surface area contributed by atoms with Gasteiger partial charge in [0.15, 0.2) is 5.78 Å². The van der Waals surface area contributed by atoms with E-state index in [1.165, 1.54) is 6.42 Å². The Morgan fingerprint density at radius 3 is 2.06 bits per heavy atom. The molecule has 0 spiro atoms. The first-order valence-corrected chi connectivity index (χ1v) is 16.9. The van der Waals surface area contributed by atoms with Crippen molar-refractivity contribution in [1.29, 1.82) is 0 Å². The molecule has 3 amide bonds. The molecule has 3 aliphatic heterocycles. The second-order valence-corrected chi connectivity index (χ2v) is 13.3. The first-order chi connectivity index (χ1) is 21.9. The summed E-state index contributed by atoms with van der Waals surface area (Å²) >= 11 is 0. The van der Waals surface area contributed by atoms with E-state index in [0.717, 1.165) is 56.3 Å². The van der Waals surface area contributed by atoms with E-state index in [9.17, 15) is 19.2 Å².